The lowest BCUT2D eigenvalue weighted by molar-refractivity contribution is 0.411. The topological polar surface area (TPSA) is 18.5 Å². The van der Waals surface area contributed by atoms with E-state index in [4.69, 9.17) is 9.47 Å². The zero-order valence-electron chi connectivity index (χ0n) is 13.7. The Balaban J connectivity index is 2.84. The van der Waals surface area contributed by atoms with E-state index in [1.807, 2.05) is 0 Å². The van der Waals surface area contributed by atoms with Crippen molar-refractivity contribution in [2.75, 3.05) is 14.2 Å². The fourth-order valence-corrected chi connectivity index (χ4v) is 3.86. The van der Waals surface area contributed by atoms with Crippen LogP contribution in [0.5, 0.6) is 11.5 Å². The predicted molar refractivity (Wildman–Crippen MR) is 99.3 cm³/mol. The van der Waals surface area contributed by atoms with Gasteiger partial charge in [-0.25, -0.2) is 0 Å². The molecule has 0 aliphatic rings. The first-order chi connectivity index (χ1) is 10.3. The molecule has 0 aromatic heterocycles. The molecule has 118 valence electrons. The van der Waals surface area contributed by atoms with E-state index in [-0.39, 0.29) is 0 Å². The van der Waals surface area contributed by atoms with E-state index in [2.05, 4.69) is 71.7 Å². The zero-order chi connectivity index (χ0) is 16.6. The molecule has 0 bridgehead atoms. The smallest absolute Gasteiger partial charge is 0.133 e. The highest BCUT2D eigenvalue weighted by atomic mass is 79.9. The molecule has 0 radical (unpaired) electrons. The number of methoxy groups -OCH3 is 2. The van der Waals surface area contributed by atoms with Gasteiger partial charge in [0.25, 0.3) is 0 Å². The van der Waals surface area contributed by atoms with Gasteiger partial charge in [-0.2, -0.15) is 0 Å². The number of aryl methyl sites for hydroxylation is 2. The van der Waals surface area contributed by atoms with Crippen molar-refractivity contribution in [1.82, 2.24) is 0 Å². The van der Waals surface area contributed by atoms with Crippen molar-refractivity contribution in [3.63, 3.8) is 0 Å². The molecule has 2 aromatic carbocycles. The van der Waals surface area contributed by atoms with Gasteiger partial charge in [0, 0.05) is 0 Å². The molecule has 0 aliphatic heterocycles. The Kier molecular flexibility index (Phi) is 5.23. The SMILES string of the molecule is COc1cc(C)c(-c2c(C)cc(OC)c(Br)c2C)c(C)c1Br. The quantitative estimate of drug-likeness (QED) is 0.586. The first kappa shape index (κ1) is 17.4. The second kappa shape index (κ2) is 6.63. The summed E-state index contributed by atoms with van der Waals surface area (Å²) in [5, 5.41) is 0. The first-order valence-corrected chi connectivity index (χ1v) is 8.59. The second-order valence-electron chi connectivity index (χ2n) is 5.42. The van der Waals surface area contributed by atoms with Crippen LogP contribution in [0.1, 0.15) is 22.3 Å². The molecule has 0 unspecified atom stereocenters. The lowest BCUT2D eigenvalue weighted by atomic mass is 9.89. The summed E-state index contributed by atoms with van der Waals surface area (Å²) >= 11 is 7.31. The van der Waals surface area contributed by atoms with Crippen molar-refractivity contribution in [2.24, 2.45) is 0 Å². The Morgan fingerprint density at radius 3 is 1.27 bits per heavy atom. The van der Waals surface area contributed by atoms with Crippen LogP contribution in [0.3, 0.4) is 0 Å². The number of benzene rings is 2. The summed E-state index contributed by atoms with van der Waals surface area (Å²) in [5.41, 5.74) is 7.24. The summed E-state index contributed by atoms with van der Waals surface area (Å²) in [6.45, 7) is 8.47. The Labute approximate surface area is 149 Å². The highest BCUT2D eigenvalue weighted by Crippen LogP contribution is 2.44. The average Bonchev–Trinajstić information content (AvgIpc) is 2.49. The molecule has 22 heavy (non-hydrogen) atoms. The minimum absolute atomic E-state index is 0.863. The molecule has 0 heterocycles. The lowest BCUT2D eigenvalue weighted by Gasteiger charge is -2.20. The largest absolute Gasteiger partial charge is 0.496 e. The maximum atomic E-state index is 5.44. The molecule has 2 nitrogen and oxygen atoms in total. The van der Waals surface area contributed by atoms with E-state index in [1.54, 1.807) is 14.2 Å². The van der Waals surface area contributed by atoms with Crippen LogP contribution in [0, 0.1) is 27.7 Å². The molecule has 0 aliphatic carbocycles. The molecule has 0 spiro atoms. The number of hydrogen-bond donors (Lipinski definition) is 0. The summed E-state index contributed by atoms with van der Waals surface area (Å²) < 4.78 is 12.9. The minimum atomic E-state index is 0.863. The Morgan fingerprint density at radius 2 is 1.00 bits per heavy atom. The standard InChI is InChI=1S/C18H20Br2O2/c1-9-7-13(21-5)17(19)11(3)15(9)16-10(2)8-14(22-6)18(20)12(16)4/h7-8H,1-6H3. The third-order valence-corrected chi connectivity index (χ3v) is 5.99. The lowest BCUT2D eigenvalue weighted by Crippen LogP contribution is -1.99. The van der Waals surface area contributed by atoms with Gasteiger partial charge in [-0.05, 0) is 105 Å². The van der Waals surface area contributed by atoms with Gasteiger partial charge in [-0.1, -0.05) is 0 Å². The fourth-order valence-electron chi connectivity index (χ4n) is 2.91. The van der Waals surface area contributed by atoms with Gasteiger partial charge in [-0.15, -0.1) is 0 Å². The van der Waals surface area contributed by atoms with Crippen LogP contribution in [0.2, 0.25) is 0 Å². The molecule has 0 fully saturated rings. The number of ether oxygens (including phenoxy) is 2. The van der Waals surface area contributed by atoms with E-state index in [1.165, 1.54) is 33.4 Å². The van der Waals surface area contributed by atoms with E-state index < -0.39 is 0 Å². The monoisotopic (exact) mass is 426 g/mol. The van der Waals surface area contributed by atoms with Crippen LogP contribution >= 0.6 is 31.9 Å². The van der Waals surface area contributed by atoms with E-state index in [0.29, 0.717) is 0 Å². The van der Waals surface area contributed by atoms with Crippen LogP contribution < -0.4 is 9.47 Å². The van der Waals surface area contributed by atoms with Crippen molar-refractivity contribution in [3.8, 4) is 22.6 Å². The fraction of sp³-hybridized carbons (Fsp3) is 0.333. The third-order valence-electron chi connectivity index (χ3n) is 4.01. The predicted octanol–water partition coefficient (Wildman–Crippen LogP) is 6.13. The Bertz CT molecular complexity index is 673. The number of rotatable bonds is 3. The van der Waals surface area contributed by atoms with Gasteiger partial charge >= 0.3 is 0 Å². The van der Waals surface area contributed by atoms with Crippen molar-refractivity contribution >= 4 is 31.9 Å². The molecule has 0 saturated heterocycles. The van der Waals surface area contributed by atoms with Gasteiger partial charge in [-0.3, -0.25) is 0 Å². The molecular weight excluding hydrogens is 408 g/mol. The highest BCUT2D eigenvalue weighted by Gasteiger charge is 2.19. The van der Waals surface area contributed by atoms with Crippen molar-refractivity contribution in [2.45, 2.75) is 27.7 Å². The molecular formula is C18H20Br2O2. The number of halogens is 2. The van der Waals surface area contributed by atoms with Crippen LogP contribution in [-0.2, 0) is 0 Å². The maximum Gasteiger partial charge on any atom is 0.133 e. The van der Waals surface area contributed by atoms with Gasteiger partial charge in [0.1, 0.15) is 11.5 Å². The summed E-state index contributed by atoms with van der Waals surface area (Å²) in [6, 6.07) is 4.15. The maximum absolute atomic E-state index is 5.44. The summed E-state index contributed by atoms with van der Waals surface area (Å²) in [4.78, 5) is 0. The Hall–Kier alpha value is -1.00. The molecule has 0 N–H and O–H groups in total. The highest BCUT2D eigenvalue weighted by molar-refractivity contribution is 9.11. The van der Waals surface area contributed by atoms with Gasteiger partial charge in [0.05, 0.1) is 23.2 Å². The molecule has 0 atom stereocenters. The van der Waals surface area contributed by atoms with Gasteiger partial charge in [0.2, 0.25) is 0 Å². The van der Waals surface area contributed by atoms with Crippen LogP contribution in [0.4, 0.5) is 0 Å². The number of hydrogen-bond acceptors (Lipinski definition) is 2. The van der Waals surface area contributed by atoms with E-state index in [9.17, 15) is 0 Å². The van der Waals surface area contributed by atoms with Crippen LogP contribution in [0.15, 0.2) is 21.1 Å². The molecule has 0 saturated carbocycles. The van der Waals surface area contributed by atoms with Gasteiger partial charge < -0.3 is 9.47 Å². The second-order valence-corrected chi connectivity index (χ2v) is 7.01. The van der Waals surface area contributed by atoms with Crippen molar-refractivity contribution in [3.05, 3.63) is 43.3 Å². The van der Waals surface area contributed by atoms with Crippen molar-refractivity contribution in [1.29, 1.82) is 0 Å². The zero-order valence-corrected chi connectivity index (χ0v) is 16.9. The molecule has 4 heteroatoms. The van der Waals surface area contributed by atoms with Crippen molar-refractivity contribution < 1.29 is 9.47 Å². The van der Waals surface area contributed by atoms with Crippen LogP contribution in [0.25, 0.3) is 11.1 Å². The molecule has 2 aromatic rings. The molecule has 2 rings (SSSR count). The first-order valence-electron chi connectivity index (χ1n) is 7.01. The summed E-state index contributed by atoms with van der Waals surface area (Å²) in [7, 11) is 3.39. The third kappa shape index (κ3) is 2.79. The summed E-state index contributed by atoms with van der Waals surface area (Å²) in [5.74, 6) is 1.73. The average molecular weight is 428 g/mol. The van der Waals surface area contributed by atoms with Gasteiger partial charge in [0.15, 0.2) is 0 Å². The van der Waals surface area contributed by atoms with Crippen LogP contribution in [-0.4, -0.2) is 14.2 Å². The van der Waals surface area contributed by atoms with E-state index >= 15 is 0 Å². The summed E-state index contributed by atoms with van der Waals surface area (Å²) in [6.07, 6.45) is 0. The molecule has 0 amide bonds. The normalized spacial score (nSPS) is 10.7. The Morgan fingerprint density at radius 1 is 0.682 bits per heavy atom. The van der Waals surface area contributed by atoms with E-state index in [0.717, 1.165) is 20.4 Å². The minimum Gasteiger partial charge on any atom is -0.496 e.